The molecule has 1 saturated heterocycles. The molecule has 1 N–H and O–H groups in total. The van der Waals surface area contributed by atoms with E-state index in [1.165, 1.54) is 0 Å². The topological polar surface area (TPSA) is 55.4 Å². The summed E-state index contributed by atoms with van der Waals surface area (Å²) in [5.74, 6) is 0.216. The van der Waals surface area contributed by atoms with E-state index >= 15 is 0 Å². The Labute approximate surface area is 92.3 Å². The smallest absolute Gasteiger partial charge is 0.154 e. The van der Waals surface area contributed by atoms with Crippen LogP contribution in [0.3, 0.4) is 0 Å². The van der Waals surface area contributed by atoms with Crippen molar-refractivity contribution in [1.82, 2.24) is 5.32 Å². The van der Waals surface area contributed by atoms with Crippen LogP contribution in [0.4, 0.5) is 0 Å². The molecule has 5 heteroatoms. The minimum absolute atomic E-state index is 0.0325. The highest BCUT2D eigenvalue weighted by molar-refractivity contribution is 7.92. The number of sulfone groups is 1. The lowest BCUT2D eigenvalue weighted by molar-refractivity contribution is -0.00353. The van der Waals surface area contributed by atoms with E-state index in [0.717, 1.165) is 6.54 Å². The Hall–Kier alpha value is -0.130. The summed E-state index contributed by atoms with van der Waals surface area (Å²) in [5, 5.41) is 2.85. The van der Waals surface area contributed by atoms with Crippen LogP contribution < -0.4 is 5.32 Å². The summed E-state index contributed by atoms with van der Waals surface area (Å²) in [6.45, 7) is 6.96. The normalized spacial score (nSPS) is 28.3. The van der Waals surface area contributed by atoms with Gasteiger partial charge in [-0.1, -0.05) is 6.92 Å². The van der Waals surface area contributed by atoms with Crippen molar-refractivity contribution in [1.29, 1.82) is 0 Å². The lowest BCUT2D eigenvalue weighted by Gasteiger charge is -2.30. The summed E-state index contributed by atoms with van der Waals surface area (Å²) >= 11 is 0. The number of hydrogen-bond acceptors (Lipinski definition) is 4. The molecule has 1 aliphatic rings. The van der Waals surface area contributed by atoms with Gasteiger partial charge in [0.05, 0.1) is 17.5 Å². The molecule has 1 fully saturated rings. The van der Waals surface area contributed by atoms with Crippen molar-refractivity contribution in [2.24, 2.45) is 0 Å². The van der Waals surface area contributed by atoms with Crippen LogP contribution in [0, 0.1) is 0 Å². The molecule has 4 nitrogen and oxygen atoms in total. The van der Waals surface area contributed by atoms with Crippen molar-refractivity contribution in [3.05, 3.63) is 0 Å². The Morgan fingerprint density at radius 3 is 2.60 bits per heavy atom. The minimum Gasteiger partial charge on any atom is -0.374 e. The lowest BCUT2D eigenvalue weighted by Crippen LogP contribution is -2.47. The van der Waals surface area contributed by atoms with Crippen LogP contribution in [0.2, 0.25) is 0 Å². The van der Waals surface area contributed by atoms with Crippen molar-refractivity contribution in [2.45, 2.75) is 44.6 Å². The van der Waals surface area contributed by atoms with Gasteiger partial charge in [0.1, 0.15) is 0 Å². The minimum atomic E-state index is -2.93. The molecule has 1 rings (SSSR count). The first kappa shape index (κ1) is 12.9. The SMILES string of the molecule is CCS(=O)(=O)C1CNCC(OC(C)C)C1. The highest BCUT2D eigenvalue weighted by atomic mass is 32.2. The van der Waals surface area contributed by atoms with Crippen LogP contribution in [0.5, 0.6) is 0 Å². The average molecular weight is 235 g/mol. The molecule has 0 bridgehead atoms. The van der Waals surface area contributed by atoms with Gasteiger partial charge < -0.3 is 10.1 Å². The van der Waals surface area contributed by atoms with E-state index in [0.29, 0.717) is 13.0 Å². The van der Waals surface area contributed by atoms with E-state index in [2.05, 4.69) is 5.32 Å². The molecular weight excluding hydrogens is 214 g/mol. The standard InChI is InChI=1S/C10H21NO3S/c1-4-15(12,13)10-5-9(6-11-7-10)14-8(2)3/h8-11H,4-7H2,1-3H3. The molecule has 15 heavy (non-hydrogen) atoms. The number of nitrogens with one attached hydrogen (secondary N) is 1. The molecule has 0 radical (unpaired) electrons. The zero-order chi connectivity index (χ0) is 11.5. The Kier molecular flexibility index (Phi) is 4.55. The summed E-state index contributed by atoms with van der Waals surface area (Å²) in [4.78, 5) is 0. The van der Waals surface area contributed by atoms with Gasteiger partial charge >= 0.3 is 0 Å². The van der Waals surface area contributed by atoms with E-state index in [4.69, 9.17) is 4.74 Å². The predicted octanol–water partition coefficient (Wildman–Crippen LogP) is 0.577. The van der Waals surface area contributed by atoms with Gasteiger partial charge in [-0.05, 0) is 20.3 Å². The summed E-state index contributed by atoms with van der Waals surface area (Å²) in [7, 11) is -2.93. The van der Waals surface area contributed by atoms with Gasteiger partial charge in [-0.25, -0.2) is 8.42 Å². The van der Waals surface area contributed by atoms with Crippen LogP contribution in [-0.4, -0.2) is 44.7 Å². The van der Waals surface area contributed by atoms with Gasteiger partial charge in [-0.2, -0.15) is 0 Å². The van der Waals surface area contributed by atoms with Crippen molar-refractivity contribution in [2.75, 3.05) is 18.8 Å². The number of hydrogen-bond donors (Lipinski definition) is 1. The van der Waals surface area contributed by atoms with Crippen molar-refractivity contribution >= 4 is 9.84 Å². The zero-order valence-corrected chi connectivity index (χ0v) is 10.5. The van der Waals surface area contributed by atoms with Gasteiger partial charge in [0, 0.05) is 18.8 Å². The summed E-state index contributed by atoms with van der Waals surface area (Å²) in [5.41, 5.74) is 0. The Bertz CT molecular complexity index is 287. The maximum Gasteiger partial charge on any atom is 0.154 e. The third-order valence-corrected chi connectivity index (χ3v) is 4.82. The first-order valence-electron chi connectivity index (χ1n) is 5.53. The van der Waals surface area contributed by atoms with Crippen LogP contribution in [-0.2, 0) is 14.6 Å². The second-order valence-corrected chi connectivity index (χ2v) is 6.84. The van der Waals surface area contributed by atoms with Crippen molar-refractivity contribution in [3.63, 3.8) is 0 Å². The number of ether oxygens (including phenoxy) is 1. The molecule has 90 valence electrons. The molecule has 0 aromatic carbocycles. The molecule has 0 aliphatic carbocycles. The van der Waals surface area contributed by atoms with Gasteiger partial charge in [0.15, 0.2) is 9.84 Å². The fourth-order valence-corrected chi connectivity index (χ4v) is 3.21. The third kappa shape index (κ3) is 3.74. The maximum atomic E-state index is 11.7. The predicted molar refractivity (Wildman–Crippen MR) is 60.7 cm³/mol. The zero-order valence-electron chi connectivity index (χ0n) is 9.69. The first-order chi connectivity index (χ1) is 6.95. The van der Waals surface area contributed by atoms with Crippen molar-refractivity contribution < 1.29 is 13.2 Å². The lowest BCUT2D eigenvalue weighted by atomic mass is 10.1. The van der Waals surface area contributed by atoms with Gasteiger partial charge in [0.2, 0.25) is 0 Å². The monoisotopic (exact) mass is 235 g/mol. The summed E-state index contributed by atoms with van der Waals surface area (Å²) in [6, 6.07) is 0. The number of rotatable bonds is 4. The van der Waals surface area contributed by atoms with Crippen LogP contribution in [0.15, 0.2) is 0 Å². The fourth-order valence-electron chi connectivity index (χ4n) is 1.86. The van der Waals surface area contributed by atoms with Crippen LogP contribution in [0.25, 0.3) is 0 Å². The highest BCUT2D eigenvalue weighted by Gasteiger charge is 2.31. The first-order valence-corrected chi connectivity index (χ1v) is 7.25. The maximum absolute atomic E-state index is 11.7. The van der Waals surface area contributed by atoms with E-state index in [9.17, 15) is 8.42 Å². The van der Waals surface area contributed by atoms with Crippen LogP contribution >= 0.6 is 0 Å². The molecule has 0 aromatic rings. The van der Waals surface area contributed by atoms with E-state index in [1.54, 1.807) is 6.92 Å². The van der Waals surface area contributed by atoms with Crippen molar-refractivity contribution in [3.8, 4) is 0 Å². The fraction of sp³-hybridized carbons (Fsp3) is 1.00. The molecule has 1 heterocycles. The number of piperidine rings is 1. The quantitative estimate of drug-likeness (QED) is 0.774. The third-order valence-electron chi connectivity index (χ3n) is 2.64. The Balaban J connectivity index is 2.56. The molecule has 0 spiro atoms. The molecular formula is C10H21NO3S. The molecule has 0 amide bonds. The molecule has 1 aliphatic heterocycles. The van der Waals surface area contributed by atoms with E-state index in [-0.39, 0.29) is 23.2 Å². The highest BCUT2D eigenvalue weighted by Crippen LogP contribution is 2.16. The van der Waals surface area contributed by atoms with Gasteiger partial charge in [0.25, 0.3) is 0 Å². The Morgan fingerprint density at radius 2 is 2.07 bits per heavy atom. The second-order valence-electron chi connectivity index (χ2n) is 4.27. The second kappa shape index (κ2) is 5.27. The summed E-state index contributed by atoms with van der Waals surface area (Å²) < 4.78 is 29.0. The largest absolute Gasteiger partial charge is 0.374 e. The van der Waals surface area contributed by atoms with Gasteiger partial charge in [-0.15, -0.1) is 0 Å². The van der Waals surface area contributed by atoms with Gasteiger partial charge in [-0.3, -0.25) is 0 Å². The molecule has 2 unspecified atom stereocenters. The molecule has 0 saturated carbocycles. The van der Waals surface area contributed by atoms with E-state index in [1.807, 2.05) is 13.8 Å². The van der Waals surface area contributed by atoms with E-state index < -0.39 is 9.84 Å². The van der Waals surface area contributed by atoms with Crippen LogP contribution in [0.1, 0.15) is 27.2 Å². The molecule has 2 atom stereocenters. The average Bonchev–Trinajstić information content (AvgIpc) is 2.17. The summed E-state index contributed by atoms with van der Waals surface area (Å²) in [6.07, 6.45) is 0.811. The Morgan fingerprint density at radius 1 is 1.40 bits per heavy atom. The molecule has 0 aromatic heterocycles.